The molecule has 5 atom stereocenters. The monoisotopic (exact) mass is 318 g/mol. The molecule has 9 heteroatoms. The van der Waals surface area contributed by atoms with Crippen molar-refractivity contribution in [3.05, 3.63) is 0 Å². The molecule has 1 saturated heterocycles. The lowest BCUT2D eigenvalue weighted by Crippen LogP contribution is -2.63. The second kappa shape index (κ2) is 6.64. The van der Waals surface area contributed by atoms with E-state index in [1.165, 1.54) is 0 Å². The molecule has 0 bridgehead atoms. The number of nitrogens with one attached hydrogen (secondary N) is 1. The van der Waals surface area contributed by atoms with E-state index in [1.807, 2.05) is 0 Å². The van der Waals surface area contributed by atoms with Gasteiger partial charge in [0.15, 0.2) is 11.3 Å². The first-order valence-corrected chi connectivity index (χ1v) is 4.74. The predicted molar refractivity (Wildman–Crippen MR) is 64.0 cm³/mol. The van der Waals surface area contributed by atoms with Gasteiger partial charge in [-0.15, -0.1) is 17.0 Å². The molecule has 96 valence electrons. The molecule has 1 fully saturated rings. The van der Waals surface area contributed by atoms with Crippen molar-refractivity contribution >= 4 is 34.3 Å². The molecule has 1 rings (SSSR count). The molecule has 0 aromatic carbocycles. The van der Waals surface area contributed by atoms with Crippen LogP contribution in [0.2, 0.25) is 0 Å². The van der Waals surface area contributed by atoms with Gasteiger partial charge in [0, 0.05) is 0 Å². The van der Waals surface area contributed by atoms with Crippen molar-refractivity contribution in [3.63, 3.8) is 0 Å². The summed E-state index contributed by atoms with van der Waals surface area (Å²) in [5.74, 6) is 0. The molecule has 1 heterocycles. The van der Waals surface area contributed by atoms with E-state index in [4.69, 9.17) is 15.6 Å². The average Bonchev–Trinajstić information content (AvgIpc) is 2.18. The van der Waals surface area contributed by atoms with Crippen LogP contribution in [-0.4, -0.2) is 62.8 Å². The van der Waals surface area contributed by atoms with Crippen molar-refractivity contribution in [2.45, 2.75) is 30.6 Å². The maximum atomic E-state index is 9.48. The largest absolute Gasteiger partial charge is 0.394 e. The van der Waals surface area contributed by atoms with Crippen LogP contribution in [0, 0.1) is 0 Å². The summed E-state index contributed by atoms with van der Waals surface area (Å²) in [5.41, 5.74) is 5.18. The van der Waals surface area contributed by atoms with Crippen LogP contribution in [0.5, 0.6) is 0 Å². The van der Waals surface area contributed by atoms with Gasteiger partial charge in [-0.25, -0.2) is 0 Å². The van der Waals surface area contributed by atoms with E-state index in [1.54, 1.807) is 0 Å². The first-order chi connectivity index (χ1) is 6.97. The minimum absolute atomic E-state index is 0. The van der Waals surface area contributed by atoms with Crippen LogP contribution in [0.15, 0.2) is 0 Å². The zero-order chi connectivity index (χ0) is 11.6. The number of hydrogen-bond acceptors (Lipinski definition) is 6. The van der Waals surface area contributed by atoms with Gasteiger partial charge in [-0.3, -0.25) is 0 Å². The Bertz CT molecular complexity index is 245. The number of nitrogens with two attached hydrogens (primary N) is 1. The van der Waals surface area contributed by atoms with Gasteiger partial charge in [-0.05, 0) is 12.2 Å². The predicted octanol–water partition coefficient (Wildman–Crippen LogP) is -2.80. The molecule has 1 aliphatic rings. The third-order valence-electron chi connectivity index (χ3n) is 2.18. The normalized spacial score (nSPS) is 38.6. The molecular formula is C7H15BrN2O5S. The van der Waals surface area contributed by atoms with Gasteiger partial charge in [0.1, 0.15) is 24.4 Å². The summed E-state index contributed by atoms with van der Waals surface area (Å²) < 4.78 is 5.05. The minimum atomic E-state index is -1.43. The maximum absolute atomic E-state index is 9.48. The molecule has 1 unspecified atom stereocenters. The van der Waals surface area contributed by atoms with Crippen molar-refractivity contribution in [1.82, 2.24) is 5.32 Å². The topological polar surface area (TPSA) is 128 Å². The number of hydrogen-bond donors (Lipinski definition) is 6. The summed E-state index contributed by atoms with van der Waals surface area (Å²) in [4.78, 5) is 0. The van der Waals surface area contributed by atoms with Crippen LogP contribution in [0.1, 0.15) is 0 Å². The van der Waals surface area contributed by atoms with E-state index in [0.29, 0.717) is 0 Å². The highest BCUT2D eigenvalue weighted by Crippen LogP contribution is 2.19. The van der Waals surface area contributed by atoms with Crippen LogP contribution in [0.4, 0.5) is 0 Å². The summed E-state index contributed by atoms with van der Waals surface area (Å²) in [6.45, 7) is -0.486. The minimum Gasteiger partial charge on any atom is -0.394 e. The zero-order valence-corrected chi connectivity index (χ0v) is 10.7. The molecule has 0 aromatic rings. The third kappa shape index (κ3) is 3.48. The first kappa shape index (κ1) is 16.0. The SMILES string of the molecule is Br.NC(=S)NC1O[C@H](CO)[C@H](O)[C@H](O)[C@H]1O. The van der Waals surface area contributed by atoms with Crippen molar-refractivity contribution in [1.29, 1.82) is 0 Å². The van der Waals surface area contributed by atoms with Crippen molar-refractivity contribution in [2.75, 3.05) is 6.61 Å². The van der Waals surface area contributed by atoms with Gasteiger partial charge in [-0.1, -0.05) is 0 Å². The van der Waals surface area contributed by atoms with Crippen LogP contribution >= 0.6 is 29.2 Å². The maximum Gasteiger partial charge on any atom is 0.165 e. The van der Waals surface area contributed by atoms with Gasteiger partial charge in [0.05, 0.1) is 6.61 Å². The highest BCUT2D eigenvalue weighted by Gasteiger charge is 2.43. The molecule has 7 nitrogen and oxygen atoms in total. The smallest absolute Gasteiger partial charge is 0.165 e. The lowest BCUT2D eigenvalue weighted by molar-refractivity contribution is -0.232. The van der Waals surface area contributed by atoms with E-state index in [2.05, 4.69) is 17.5 Å². The number of aliphatic hydroxyl groups excluding tert-OH is 4. The quantitative estimate of drug-likeness (QED) is 0.301. The van der Waals surface area contributed by atoms with Gasteiger partial charge in [0.25, 0.3) is 0 Å². The second-order valence-corrected chi connectivity index (χ2v) is 3.70. The summed E-state index contributed by atoms with van der Waals surface area (Å²) in [6.07, 6.45) is -6.19. The van der Waals surface area contributed by atoms with E-state index in [9.17, 15) is 15.3 Å². The summed E-state index contributed by atoms with van der Waals surface area (Å²) in [7, 11) is 0. The summed E-state index contributed by atoms with van der Waals surface area (Å²) >= 11 is 4.54. The lowest BCUT2D eigenvalue weighted by atomic mass is 9.98. The Morgan fingerprint density at radius 2 is 1.81 bits per heavy atom. The zero-order valence-electron chi connectivity index (χ0n) is 8.18. The fraction of sp³-hybridized carbons (Fsp3) is 0.857. The number of halogens is 1. The number of thiocarbonyl (C=S) groups is 1. The average molecular weight is 319 g/mol. The standard InChI is InChI=1S/C7H14N2O5S.BrH/c8-7(15)9-6-5(13)4(12)3(11)2(1-10)14-6;/h2-6,10-13H,1H2,(H3,8,9,15);1H/t2-,3+,4+,5-,6?;/m1./s1. The Labute approximate surface area is 108 Å². The second-order valence-electron chi connectivity index (χ2n) is 3.26. The van der Waals surface area contributed by atoms with Gasteiger partial charge in [0.2, 0.25) is 0 Å². The van der Waals surface area contributed by atoms with Crippen LogP contribution in [-0.2, 0) is 4.74 Å². The molecule has 0 amide bonds. The van der Waals surface area contributed by atoms with Crippen molar-refractivity contribution in [2.24, 2.45) is 5.73 Å². The fourth-order valence-corrected chi connectivity index (χ4v) is 1.48. The van der Waals surface area contributed by atoms with Crippen molar-refractivity contribution < 1.29 is 25.2 Å². The highest BCUT2D eigenvalue weighted by atomic mass is 79.9. The number of ether oxygens (including phenoxy) is 1. The molecule has 16 heavy (non-hydrogen) atoms. The first-order valence-electron chi connectivity index (χ1n) is 4.34. The van der Waals surface area contributed by atoms with E-state index in [-0.39, 0.29) is 22.1 Å². The molecule has 0 aromatic heterocycles. The Hall–Kier alpha value is -0.0300. The molecule has 0 saturated carbocycles. The number of rotatable bonds is 2. The Balaban J connectivity index is 0.00000225. The Morgan fingerprint density at radius 3 is 2.25 bits per heavy atom. The van der Waals surface area contributed by atoms with E-state index < -0.39 is 37.3 Å². The van der Waals surface area contributed by atoms with Crippen LogP contribution in [0.25, 0.3) is 0 Å². The van der Waals surface area contributed by atoms with Gasteiger partial charge < -0.3 is 36.2 Å². The molecular weight excluding hydrogens is 304 g/mol. The summed E-state index contributed by atoms with van der Waals surface area (Å²) in [6, 6.07) is 0. The van der Waals surface area contributed by atoms with Gasteiger partial charge in [-0.2, -0.15) is 0 Å². The number of aliphatic hydroxyl groups is 4. The van der Waals surface area contributed by atoms with Crippen molar-refractivity contribution in [3.8, 4) is 0 Å². The molecule has 7 N–H and O–H groups in total. The highest BCUT2D eigenvalue weighted by molar-refractivity contribution is 8.93. The molecule has 0 radical (unpaired) electrons. The van der Waals surface area contributed by atoms with Gasteiger partial charge >= 0.3 is 0 Å². The summed E-state index contributed by atoms with van der Waals surface area (Å²) in [5, 5.41) is 39.4. The fourth-order valence-electron chi connectivity index (χ4n) is 1.36. The third-order valence-corrected chi connectivity index (χ3v) is 2.29. The Kier molecular flexibility index (Phi) is 6.63. The Morgan fingerprint density at radius 1 is 1.25 bits per heavy atom. The molecule has 1 aliphatic heterocycles. The van der Waals surface area contributed by atoms with E-state index in [0.717, 1.165) is 0 Å². The lowest BCUT2D eigenvalue weighted by Gasteiger charge is -2.40. The van der Waals surface area contributed by atoms with E-state index >= 15 is 0 Å². The van der Waals surface area contributed by atoms with Crippen LogP contribution in [0.3, 0.4) is 0 Å². The molecule has 0 aliphatic carbocycles. The van der Waals surface area contributed by atoms with Crippen LogP contribution < -0.4 is 11.1 Å². The molecule has 0 spiro atoms.